The fourth-order valence-electron chi connectivity index (χ4n) is 2.30. The first-order valence-corrected chi connectivity index (χ1v) is 6.70. The Labute approximate surface area is 109 Å². The van der Waals surface area contributed by atoms with Gasteiger partial charge in [0, 0.05) is 52.3 Å². The third-order valence-electron chi connectivity index (χ3n) is 3.36. The molecule has 0 radical (unpaired) electrons. The van der Waals surface area contributed by atoms with Gasteiger partial charge in [0.2, 0.25) is 5.95 Å². The Morgan fingerprint density at radius 1 is 1.17 bits per heavy atom. The first kappa shape index (κ1) is 13.1. The minimum atomic E-state index is 0.817. The zero-order valence-corrected chi connectivity index (χ0v) is 11.8. The molecule has 0 saturated heterocycles. The van der Waals surface area contributed by atoms with E-state index in [2.05, 4.69) is 29.0 Å². The van der Waals surface area contributed by atoms with Gasteiger partial charge in [-0.25, -0.2) is 4.98 Å². The van der Waals surface area contributed by atoms with Crippen molar-refractivity contribution in [3.05, 3.63) is 11.3 Å². The van der Waals surface area contributed by atoms with Crippen molar-refractivity contribution in [2.45, 2.75) is 26.8 Å². The normalized spacial score (nSPS) is 14.2. The smallest absolute Gasteiger partial charge is 0.227 e. The van der Waals surface area contributed by atoms with Gasteiger partial charge in [-0.1, -0.05) is 0 Å². The Balaban J connectivity index is 2.50. The molecule has 1 aliphatic rings. The van der Waals surface area contributed by atoms with Crippen LogP contribution in [0.3, 0.4) is 0 Å². The van der Waals surface area contributed by atoms with Crippen molar-refractivity contribution >= 4 is 11.8 Å². The number of hydrogen-bond donors (Lipinski definition) is 1. The molecule has 0 fully saturated rings. The molecular formula is C13H23N5. The molecule has 2 heterocycles. The summed E-state index contributed by atoms with van der Waals surface area (Å²) in [7, 11) is 3.99. The molecule has 0 bridgehead atoms. The fourth-order valence-corrected chi connectivity index (χ4v) is 2.30. The summed E-state index contributed by atoms with van der Waals surface area (Å²) >= 11 is 0. The second-order valence-electron chi connectivity index (χ2n) is 4.77. The standard InChI is InChI=1S/C13H23N5/c1-5-18(6-2)12-10-9-14-8-7-11(10)15-13(16-12)17(3)4/h14H,5-9H2,1-4H3. The number of anilines is 2. The van der Waals surface area contributed by atoms with Crippen molar-refractivity contribution in [1.82, 2.24) is 15.3 Å². The van der Waals surface area contributed by atoms with Gasteiger partial charge in [0.1, 0.15) is 5.82 Å². The van der Waals surface area contributed by atoms with Crippen molar-refractivity contribution in [1.29, 1.82) is 0 Å². The minimum Gasteiger partial charge on any atom is -0.357 e. The van der Waals surface area contributed by atoms with Gasteiger partial charge in [-0.2, -0.15) is 4.98 Å². The number of nitrogens with one attached hydrogen (secondary N) is 1. The molecular weight excluding hydrogens is 226 g/mol. The van der Waals surface area contributed by atoms with Crippen LogP contribution in [-0.4, -0.2) is 43.7 Å². The van der Waals surface area contributed by atoms with Crippen LogP contribution in [0.25, 0.3) is 0 Å². The lowest BCUT2D eigenvalue weighted by Gasteiger charge is -2.28. The maximum absolute atomic E-state index is 4.73. The maximum Gasteiger partial charge on any atom is 0.227 e. The monoisotopic (exact) mass is 249 g/mol. The second-order valence-corrected chi connectivity index (χ2v) is 4.77. The molecule has 0 atom stereocenters. The Kier molecular flexibility index (Phi) is 4.01. The van der Waals surface area contributed by atoms with Crippen molar-refractivity contribution in [3.8, 4) is 0 Å². The van der Waals surface area contributed by atoms with E-state index in [0.29, 0.717) is 0 Å². The molecule has 100 valence electrons. The number of rotatable bonds is 4. The van der Waals surface area contributed by atoms with Crippen molar-refractivity contribution in [2.24, 2.45) is 0 Å². The van der Waals surface area contributed by atoms with Crippen LogP contribution in [0.2, 0.25) is 0 Å². The topological polar surface area (TPSA) is 44.3 Å². The van der Waals surface area contributed by atoms with Crippen LogP contribution in [-0.2, 0) is 13.0 Å². The van der Waals surface area contributed by atoms with Crippen LogP contribution in [0, 0.1) is 0 Å². The Morgan fingerprint density at radius 2 is 1.89 bits per heavy atom. The predicted octanol–water partition coefficient (Wildman–Crippen LogP) is 1.03. The molecule has 0 spiro atoms. The molecule has 0 saturated carbocycles. The molecule has 5 nitrogen and oxygen atoms in total. The van der Waals surface area contributed by atoms with E-state index in [1.807, 2.05) is 19.0 Å². The van der Waals surface area contributed by atoms with Crippen LogP contribution in [0.1, 0.15) is 25.1 Å². The Hall–Kier alpha value is -1.36. The Bertz CT molecular complexity index is 412. The summed E-state index contributed by atoms with van der Waals surface area (Å²) in [5, 5.41) is 3.41. The zero-order chi connectivity index (χ0) is 13.1. The first-order chi connectivity index (χ1) is 8.67. The van der Waals surface area contributed by atoms with E-state index in [1.165, 1.54) is 11.3 Å². The third-order valence-corrected chi connectivity index (χ3v) is 3.36. The highest BCUT2D eigenvalue weighted by atomic mass is 15.3. The summed E-state index contributed by atoms with van der Waals surface area (Å²) in [4.78, 5) is 13.7. The molecule has 5 heteroatoms. The molecule has 1 aliphatic heterocycles. The van der Waals surface area contributed by atoms with E-state index in [4.69, 9.17) is 4.98 Å². The third kappa shape index (κ3) is 2.41. The van der Waals surface area contributed by atoms with E-state index >= 15 is 0 Å². The molecule has 1 N–H and O–H groups in total. The maximum atomic E-state index is 4.73. The highest BCUT2D eigenvalue weighted by molar-refractivity contribution is 5.53. The first-order valence-electron chi connectivity index (χ1n) is 6.70. The van der Waals surface area contributed by atoms with Gasteiger partial charge < -0.3 is 15.1 Å². The van der Waals surface area contributed by atoms with Gasteiger partial charge in [0.05, 0.1) is 5.69 Å². The second kappa shape index (κ2) is 5.52. The SMILES string of the molecule is CCN(CC)c1nc(N(C)C)nc2c1CNCC2. The molecule has 2 rings (SSSR count). The highest BCUT2D eigenvalue weighted by Crippen LogP contribution is 2.25. The molecule has 1 aromatic rings. The summed E-state index contributed by atoms with van der Waals surface area (Å²) in [6.45, 7) is 8.19. The van der Waals surface area contributed by atoms with Gasteiger partial charge in [-0.3, -0.25) is 0 Å². The summed E-state index contributed by atoms with van der Waals surface area (Å²) in [6, 6.07) is 0. The van der Waals surface area contributed by atoms with Crippen LogP contribution in [0.5, 0.6) is 0 Å². The van der Waals surface area contributed by atoms with Gasteiger partial charge in [-0.15, -0.1) is 0 Å². The van der Waals surface area contributed by atoms with Gasteiger partial charge >= 0.3 is 0 Å². The highest BCUT2D eigenvalue weighted by Gasteiger charge is 2.20. The van der Waals surface area contributed by atoms with E-state index in [1.54, 1.807) is 0 Å². The van der Waals surface area contributed by atoms with Crippen molar-refractivity contribution < 1.29 is 0 Å². The molecule has 0 aromatic carbocycles. The van der Waals surface area contributed by atoms with Crippen LogP contribution >= 0.6 is 0 Å². The van der Waals surface area contributed by atoms with E-state index < -0.39 is 0 Å². The lowest BCUT2D eigenvalue weighted by atomic mass is 10.1. The average Bonchev–Trinajstić information content (AvgIpc) is 2.39. The van der Waals surface area contributed by atoms with Crippen LogP contribution in [0.4, 0.5) is 11.8 Å². The quantitative estimate of drug-likeness (QED) is 0.863. The molecule has 1 aromatic heterocycles. The molecule has 0 aliphatic carbocycles. The number of fused-ring (bicyclic) bond motifs is 1. The van der Waals surface area contributed by atoms with Crippen molar-refractivity contribution in [2.75, 3.05) is 43.5 Å². The average molecular weight is 249 g/mol. The van der Waals surface area contributed by atoms with Gasteiger partial charge in [0.15, 0.2) is 0 Å². The van der Waals surface area contributed by atoms with E-state index in [-0.39, 0.29) is 0 Å². The van der Waals surface area contributed by atoms with Gasteiger partial charge in [0.25, 0.3) is 0 Å². The summed E-state index contributed by atoms with van der Waals surface area (Å²) in [6.07, 6.45) is 0.993. The van der Waals surface area contributed by atoms with E-state index in [0.717, 1.165) is 44.4 Å². The summed E-state index contributed by atoms with van der Waals surface area (Å²) in [5.41, 5.74) is 2.48. The molecule has 0 amide bonds. The number of aromatic nitrogens is 2. The minimum absolute atomic E-state index is 0.817. The Morgan fingerprint density at radius 3 is 2.50 bits per heavy atom. The predicted molar refractivity (Wildman–Crippen MR) is 75.3 cm³/mol. The van der Waals surface area contributed by atoms with Crippen LogP contribution < -0.4 is 15.1 Å². The largest absolute Gasteiger partial charge is 0.357 e. The number of hydrogen-bond acceptors (Lipinski definition) is 5. The number of nitrogens with zero attached hydrogens (tertiary/aromatic N) is 4. The lowest BCUT2D eigenvalue weighted by Crippen LogP contribution is -2.32. The van der Waals surface area contributed by atoms with E-state index in [9.17, 15) is 0 Å². The zero-order valence-electron chi connectivity index (χ0n) is 11.8. The fraction of sp³-hybridized carbons (Fsp3) is 0.692. The lowest BCUT2D eigenvalue weighted by molar-refractivity contribution is 0.621. The van der Waals surface area contributed by atoms with Crippen molar-refractivity contribution in [3.63, 3.8) is 0 Å². The molecule has 0 unspecified atom stereocenters. The molecule has 18 heavy (non-hydrogen) atoms. The van der Waals surface area contributed by atoms with Gasteiger partial charge in [-0.05, 0) is 13.8 Å². The summed E-state index contributed by atoms with van der Waals surface area (Å²) in [5.74, 6) is 1.92. The van der Waals surface area contributed by atoms with Crippen LogP contribution in [0.15, 0.2) is 0 Å². The summed E-state index contributed by atoms with van der Waals surface area (Å²) < 4.78 is 0.